The number of anilines is 2. The third kappa shape index (κ3) is 2.53. The Labute approximate surface area is 160 Å². The van der Waals surface area contributed by atoms with Crippen LogP contribution in [0.4, 0.5) is 11.6 Å². The molecule has 3 aromatic heterocycles. The highest BCUT2D eigenvalue weighted by atomic mass is 79.9. The number of nitrogens with one attached hydrogen (secondary N) is 2. The van der Waals surface area contributed by atoms with E-state index in [4.69, 9.17) is 0 Å². The van der Waals surface area contributed by atoms with E-state index in [0.29, 0.717) is 22.9 Å². The maximum Gasteiger partial charge on any atom is 0.288 e. The molecule has 9 nitrogen and oxygen atoms in total. The normalized spacial score (nSPS) is 14.9. The minimum absolute atomic E-state index is 0.339. The zero-order valence-electron chi connectivity index (χ0n) is 13.7. The Hall–Kier alpha value is -3.40. The average molecular weight is 423 g/mol. The lowest BCUT2D eigenvalue weighted by Crippen LogP contribution is -2.29. The number of tetrazole rings is 1. The molecule has 0 unspecified atom stereocenters. The van der Waals surface area contributed by atoms with Crippen LogP contribution >= 0.6 is 15.9 Å². The zero-order chi connectivity index (χ0) is 18.4. The molecule has 1 atom stereocenters. The van der Waals surface area contributed by atoms with Crippen LogP contribution in [0.25, 0.3) is 11.3 Å². The molecule has 10 heteroatoms. The minimum atomic E-state index is -0.437. The van der Waals surface area contributed by atoms with Crippen molar-refractivity contribution in [2.24, 2.45) is 0 Å². The van der Waals surface area contributed by atoms with Crippen molar-refractivity contribution < 1.29 is 0 Å². The predicted molar refractivity (Wildman–Crippen MR) is 101 cm³/mol. The fraction of sp³-hybridized carbons (Fsp3) is 0.0588. The maximum absolute atomic E-state index is 12.5. The highest BCUT2D eigenvalue weighted by Crippen LogP contribution is 2.40. The van der Waals surface area contributed by atoms with Gasteiger partial charge in [0.15, 0.2) is 0 Å². The van der Waals surface area contributed by atoms with Gasteiger partial charge < -0.3 is 5.32 Å². The number of halogens is 1. The lowest BCUT2D eigenvalue weighted by molar-refractivity contribution is 0.566. The summed E-state index contributed by atoms with van der Waals surface area (Å²) in [5.74, 6) is 0.384. The number of rotatable bonds is 2. The van der Waals surface area contributed by atoms with Crippen LogP contribution in [0.2, 0.25) is 0 Å². The molecule has 0 bridgehead atoms. The molecule has 1 aliphatic heterocycles. The van der Waals surface area contributed by atoms with Crippen LogP contribution in [0.3, 0.4) is 0 Å². The molecule has 0 aliphatic carbocycles. The Balaban J connectivity index is 1.82. The van der Waals surface area contributed by atoms with Gasteiger partial charge in [0.05, 0.1) is 5.69 Å². The zero-order valence-corrected chi connectivity index (χ0v) is 15.3. The second kappa shape index (κ2) is 6.09. The fourth-order valence-electron chi connectivity index (χ4n) is 3.21. The van der Waals surface area contributed by atoms with E-state index in [1.54, 1.807) is 17.1 Å². The van der Waals surface area contributed by atoms with E-state index in [1.165, 1.54) is 0 Å². The molecule has 0 saturated heterocycles. The summed E-state index contributed by atoms with van der Waals surface area (Å²) in [5.41, 5.74) is 3.07. The molecule has 4 heterocycles. The summed E-state index contributed by atoms with van der Waals surface area (Å²) in [6.07, 6.45) is 3.43. The van der Waals surface area contributed by atoms with Crippen molar-refractivity contribution in [2.45, 2.75) is 6.04 Å². The molecule has 0 spiro atoms. The van der Waals surface area contributed by atoms with Gasteiger partial charge in [-0.2, -0.15) is 9.78 Å². The van der Waals surface area contributed by atoms with Gasteiger partial charge in [0.25, 0.3) is 5.56 Å². The second-order valence-electron chi connectivity index (χ2n) is 5.96. The van der Waals surface area contributed by atoms with E-state index in [1.807, 2.05) is 36.4 Å². The van der Waals surface area contributed by atoms with Crippen molar-refractivity contribution >= 4 is 27.6 Å². The topological polar surface area (TPSA) is 114 Å². The van der Waals surface area contributed by atoms with Crippen LogP contribution in [-0.2, 0) is 0 Å². The Morgan fingerprint density at radius 2 is 2.00 bits per heavy atom. The number of aromatic nitrogens is 7. The lowest BCUT2D eigenvalue weighted by atomic mass is 9.93. The summed E-state index contributed by atoms with van der Waals surface area (Å²) in [5, 5.41) is 21.8. The first-order valence-electron chi connectivity index (χ1n) is 8.05. The molecule has 0 fully saturated rings. The van der Waals surface area contributed by atoms with Gasteiger partial charge in [0, 0.05) is 28.0 Å². The summed E-state index contributed by atoms with van der Waals surface area (Å²) in [6.45, 7) is 0. The van der Waals surface area contributed by atoms with Crippen molar-refractivity contribution in [3.05, 3.63) is 74.7 Å². The average Bonchev–Trinajstić information content (AvgIpc) is 3.17. The van der Waals surface area contributed by atoms with Crippen molar-refractivity contribution in [1.29, 1.82) is 0 Å². The Morgan fingerprint density at radius 3 is 2.78 bits per heavy atom. The van der Waals surface area contributed by atoms with E-state index in [-0.39, 0.29) is 5.56 Å². The van der Waals surface area contributed by atoms with Crippen LogP contribution in [-0.4, -0.2) is 35.4 Å². The number of fused-ring (bicyclic) bond motifs is 2. The summed E-state index contributed by atoms with van der Waals surface area (Å²) >= 11 is 3.44. The van der Waals surface area contributed by atoms with Gasteiger partial charge in [0.1, 0.15) is 11.7 Å². The monoisotopic (exact) mass is 422 g/mol. The van der Waals surface area contributed by atoms with Gasteiger partial charge in [-0.25, -0.2) is 5.10 Å². The molecule has 27 heavy (non-hydrogen) atoms. The third-order valence-corrected chi connectivity index (χ3v) is 4.91. The smallest absolute Gasteiger partial charge is 0.288 e. The second-order valence-corrected chi connectivity index (χ2v) is 6.87. The third-order valence-electron chi connectivity index (χ3n) is 4.39. The quantitative estimate of drug-likeness (QED) is 0.448. The summed E-state index contributed by atoms with van der Waals surface area (Å²) < 4.78 is 2.58. The first kappa shape index (κ1) is 15.8. The number of benzene rings is 1. The van der Waals surface area contributed by atoms with Gasteiger partial charge in [0.2, 0.25) is 5.95 Å². The molecular formula is C17H11BrN8O. The van der Waals surface area contributed by atoms with Crippen molar-refractivity contribution in [2.75, 3.05) is 5.32 Å². The number of nitrogens with zero attached hydrogens (tertiary/aromatic N) is 6. The highest BCUT2D eigenvalue weighted by molar-refractivity contribution is 9.10. The van der Waals surface area contributed by atoms with E-state index in [0.717, 1.165) is 15.6 Å². The standard InChI is InChI=1S/C17H11BrN8O/c18-11-5-3-9(4-6-11)13-12-14(16(27)22-21-13)20-17-23-24-25-26(17)15(12)10-2-1-7-19-8-10/h1-8,15H,(H,22,27)(H,20,23,25)/t15-/m1/s1. The lowest BCUT2D eigenvalue weighted by Gasteiger charge is -2.27. The SMILES string of the molecule is O=c1[nH]nc(-c2ccc(Br)cc2)c2c1Nc1nnnn1[C@@H]2c1cccnc1. The van der Waals surface area contributed by atoms with Gasteiger partial charge in [-0.3, -0.25) is 9.78 Å². The molecule has 0 radical (unpaired) electrons. The van der Waals surface area contributed by atoms with Crippen LogP contribution in [0.5, 0.6) is 0 Å². The van der Waals surface area contributed by atoms with Gasteiger partial charge >= 0.3 is 0 Å². The molecule has 4 aromatic rings. The Kier molecular flexibility index (Phi) is 3.57. The van der Waals surface area contributed by atoms with Crippen LogP contribution in [0, 0.1) is 0 Å². The van der Waals surface area contributed by atoms with Gasteiger partial charge in [-0.1, -0.05) is 39.2 Å². The first-order chi connectivity index (χ1) is 13.2. The summed E-state index contributed by atoms with van der Waals surface area (Å²) in [7, 11) is 0. The molecule has 0 saturated carbocycles. The fourth-order valence-corrected chi connectivity index (χ4v) is 3.48. The molecule has 2 N–H and O–H groups in total. The number of H-pyrrole nitrogens is 1. The minimum Gasteiger partial charge on any atom is -0.318 e. The van der Waals surface area contributed by atoms with E-state index >= 15 is 0 Å². The number of hydrogen-bond donors (Lipinski definition) is 2. The largest absolute Gasteiger partial charge is 0.318 e. The van der Waals surface area contributed by atoms with Crippen LogP contribution in [0.1, 0.15) is 17.2 Å². The molecule has 1 aliphatic rings. The van der Waals surface area contributed by atoms with Crippen molar-refractivity contribution in [3.8, 4) is 11.3 Å². The molecular weight excluding hydrogens is 412 g/mol. The van der Waals surface area contributed by atoms with Crippen LogP contribution < -0.4 is 10.9 Å². The maximum atomic E-state index is 12.5. The number of pyridine rings is 1. The number of aromatic amines is 1. The Morgan fingerprint density at radius 1 is 1.15 bits per heavy atom. The molecule has 5 rings (SSSR count). The van der Waals surface area contributed by atoms with E-state index in [2.05, 4.69) is 52.0 Å². The molecule has 0 amide bonds. The summed E-state index contributed by atoms with van der Waals surface area (Å²) in [4.78, 5) is 16.7. The van der Waals surface area contributed by atoms with Gasteiger partial charge in [-0.05, 0) is 34.2 Å². The number of hydrogen-bond acceptors (Lipinski definition) is 7. The molecule has 132 valence electrons. The highest BCUT2D eigenvalue weighted by Gasteiger charge is 2.34. The van der Waals surface area contributed by atoms with E-state index < -0.39 is 6.04 Å². The summed E-state index contributed by atoms with van der Waals surface area (Å²) in [6, 6.07) is 11.0. The Bertz CT molecular complexity index is 1190. The predicted octanol–water partition coefficient (Wildman–Crippen LogP) is 2.28. The molecule has 1 aromatic carbocycles. The van der Waals surface area contributed by atoms with E-state index in [9.17, 15) is 4.79 Å². The van der Waals surface area contributed by atoms with Crippen LogP contribution in [0.15, 0.2) is 58.1 Å². The first-order valence-corrected chi connectivity index (χ1v) is 8.85. The van der Waals surface area contributed by atoms with Gasteiger partial charge in [-0.15, -0.1) is 0 Å². The van der Waals surface area contributed by atoms with Crippen molar-refractivity contribution in [3.63, 3.8) is 0 Å². The van der Waals surface area contributed by atoms with Crippen molar-refractivity contribution in [1.82, 2.24) is 35.4 Å².